The molecule has 166 valence electrons. The molecule has 0 bridgehead atoms. The summed E-state index contributed by atoms with van der Waals surface area (Å²) in [6.45, 7) is 8.68. The number of benzene rings is 2. The van der Waals surface area contributed by atoms with Gasteiger partial charge in [-0.25, -0.2) is 0 Å². The zero-order chi connectivity index (χ0) is 21.5. The van der Waals surface area contributed by atoms with Gasteiger partial charge in [-0.2, -0.15) is 0 Å². The summed E-state index contributed by atoms with van der Waals surface area (Å²) < 4.78 is 5.72. The van der Waals surface area contributed by atoms with Gasteiger partial charge in [0, 0.05) is 62.2 Å². The van der Waals surface area contributed by atoms with E-state index in [0.29, 0.717) is 12.6 Å². The molecule has 1 N–H and O–H groups in total. The predicted molar refractivity (Wildman–Crippen MR) is 128 cm³/mol. The number of piperazine rings is 1. The molecule has 1 amide bonds. The zero-order valence-corrected chi connectivity index (χ0v) is 19.2. The maximum Gasteiger partial charge on any atom is 0.252 e. The van der Waals surface area contributed by atoms with E-state index in [0.717, 1.165) is 68.4 Å². The number of anilines is 1. The molecule has 2 aromatic rings. The summed E-state index contributed by atoms with van der Waals surface area (Å²) in [6.07, 6.45) is 2.59. The number of nitrogens with zero attached hydrogens (tertiary/aromatic N) is 2. The van der Waals surface area contributed by atoms with Gasteiger partial charge < -0.3 is 15.0 Å². The third kappa shape index (κ3) is 6.25. The lowest BCUT2D eigenvalue weighted by molar-refractivity contribution is 0.0944. The van der Waals surface area contributed by atoms with E-state index in [2.05, 4.69) is 46.3 Å². The van der Waals surface area contributed by atoms with Crippen LogP contribution >= 0.6 is 11.8 Å². The Morgan fingerprint density at radius 2 is 1.97 bits per heavy atom. The number of carbonyl (C=O) groups is 1. The second-order valence-corrected chi connectivity index (χ2v) is 9.43. The molecule has 1 unspecified atom stereocenters. The highest BCUT2D eigenvalue weighted by molar-refractivity contribution is 7.99. The monoisotopic (exact) mass is 439 g/mol. The molecule has 0 aliphatic carbocycles. The van der Waals surface area contributed by atoms with Crippen molar-refractivity contribution in [1.29, 1.82) is 0 Å². The number of rotatable bonds is 8. The van der Waals surface area contributed by atoms with Crippen LogP contribution in [0.2, 0.25) is 0 Å². The average Bonchev–Trinajstić information content (AvgIpc) is 3.32. The van der Waals surface area contributed by atoms with Crippen LogP contribution in [0.3, 0.4) is 0 Å². The zero-order valence-electron chi connectivity index (χ0n) is 18.4. The molecule has 2 aromatic carbocycles. The van der Waals surface area contributed by atoms with Gasteiger partial charge in [0.25, 0.3) is 5.91 Å². The minimum atomic E-state index is 0.0221. The Morgan fingerprint density at radius 1 is 1.13 bits per heavy atom. The number of ether oxygens (including phenoxy) is 1. The Kier molecular flexibility index (Phi) is 7.89. The highest BCUT2D eigenvalue weighted by Gasteiger charge is 2.19. The molecule has 6 heteroatoms. The van der Waals surface area contributed by atoms with E-state index in [1.54, 1.807) is 11.8 Å². The molecule has 0 spiro atoms. The fourth-order valence-electron chi connectivity index (χ4n) is 4.22. The third-order valence-corrected chi connectivity index (χ3v) is 7.24. The molecular formula is C25H33N3O2S. The third-order valence-electron chi connectivity index (χ3n) is 6.03. The van der Waals surface area contributed by atoms with Crippen LogP contribution in [-0.4, -0.2) is 68.5 Å². The van der Waals surface area contributed by atoms with Crippen molar-refractivity contribution in [3.05, 3.63) is 59.7 Å². The fourth-order valence-corrected chi connectivity index (χ4v) is 5.34. The van der Waals surface area contributed by atoms with Crippen molar-refractivity contribution in [2.45, 2.75) is 30.8 Å². The lowest BCUT2D eigenvalue weighted by Crippen LogP contribution is -2.48. The van der Waals surface area contributed by atoms with Crippen LogP contribution < -0.4 is 10.2 Å². The van der Waals surface area contributed by atoms with Crippen LogP contribution in [0.5, 0.6) is 0 Å². The predicted octanol–water partition coefficient (Wildman–Crippen LogP) is 3.82. The average molecular weight is 440 g/mol. The maximum atomic E-state index is 12.8. The lowest BCUT2D eigenvalue weighted by atomic mass is 10.2. The van der Waals surface area contributed by atoms with Crippen molar-refractivity contribution < 1.29 is 9.53 Å². The van der Waals surface area contributed by atoms with Gasteiger partial charge in [-0.05, 0) is 49.6 Å². The van der Waals surface area contributed by atoms with Crippen LogP contribution in [0.4, 0.5) is 5.69 Å². The van der Waals surface area contributed by atoms with Gasteiger partial charge >= 0.3 is 0 Å². The first kappa shape index (κ1) is 22.2. The Labute approximate surface area is 190 Å². The quantitative estimate of drug-likeness (QED) is 0.634. The van der Waals surface area contributed by atoms with Gasteiger partial charge in [-0.15, -0.1) is 11.8 Å². The molecule has 1 atom stereocenters. The van der Waals surface area contributed by atoms with Gasteiger partial charge in [0.05, 0.1) is 11.7 Å². The van der Waals surface area contributed by atoms with Crippen molar-refractivity contribution >= 4 is 23.4 Å². The largest absolute Gasteiger partial charge is 0.377 e. The second kappa shape index (κ2) is 11.0. The Morgan fingerprint density at radius 3 is 2.74 bits per heavy atom. The van der Waals surface area contributed by atoms with Crippen LogP contribution in [0.25, 0.3) is 0 Å². The molecule has 0 saturated carbocycles. The van der Waals surface area contributed by atoms with Gasteiger partial charge in [-0.3, -0.25) is 9.69 Å². The smallest absolute Gasteiger partial charge is 0.252 e. The summed E-state index contributed by atoms with van der Waals surface area (Å²) in [7, 11) is 0. The fraction of sp³-hybridized carbons (Fsp3) is 0.480. The normalized spacial score (nSPS) is 19.5. The first-order valence-electron chi connectivity index (χ1n) is 11.3. The molecule has 2 fully saturated rings. The van der Waals surface area contributed by atoms with E-state index in [9.17, 15) is 4.79 Å². The van der Waals surface area contributed by atoms with Gasteiger partial charge in [0.15, 0.2) is 0 Å². The van der Waals surface area contributed by atoms with Crippen LogP contribution in [0, 0.1) is 6.92 Å². The molecule has 2 heterocycles. The second-order valence-electron chi connectivity index (χ2n) is 8.37. The van der Waals surface area contributed by atoms with Crippen LogP contribution in [0.1, 0.15) is 28.8 Å². The first-order chi connectivity index (χ1) is 15.2. The Bertz CT molecular complexity index is 861. The summed E-state index contributed by atoms with van der Waals surface area (Å²) in [5, 5.41) is 3.13. The number of hydrogen-bond acceptors (Lipinski definition) is 5. The number of nitrogens with one attached hydrogen (secondary N) is 1. The molecule has 2 aliphatic heterocycles. The summed E-state index contributed by atoms with van der Waals surface area (Å²) in [5.41, 5.74) is 3.39. The molecule has 4 rings (SSSR count). The van der Waals surface area contributed by atoms with Crippen LogP contribution in [-0.2, 0) is 4.74 Å². The van der Waals surface area contributed by atoms with Gasteiger partial charge in [0.1, 0.15) is 0 Å². The van der Waals surface area contributed by atoms with Crippen molar-refractivity contribution in [2.75, 3.05) is 56.5 Å². The molecule has 31 heavy (non-hydrogen) atoms. The van der Waals surface area contributed by atoms with Crippen molar-refractivity contribution in [3.8, 4) is 0 Å². The van der Waals surface area contributed by atoms with Gasteiger partial charge in [0.2, 0.25) is 0 Å². The summed E-state index contributed by atoms with van der Waals surface area (Å²) in [4.78, 5) is 18.7. The van der Waals surface area contributed by atoms with E-state index in [1.807, 2.05) is 24.3 Å². The van der Waals surface area contributed by atoms with E-state index in [4.69, 9.17) is 4.74 Å². The topological polar surface area (TPSA) is 44.8 Å². The number of thioether (sulfide) groups is 1. The molecule has 0 aromatic heterocycles. The molecule has 0 radical (unpaired) electrons. The van der Waals surface area contributed by atoms with E-state index < -0.39 is 0 Å². The van der Waals surface area contributed by atoms with E-state index >= 15 is 0 Å². The Hall–Kier alpha value is -2.02. The highest BCUT2D eigenvalue weighted by atomic mass is 32.2. The van der Waals surface area contributed by atoms with E-state index in [1.165, 1.54) is 11.3 Å². The van der Waals surface area contributed by atoms with Gasteiger partial charge in [-0.1, -0.05) is 24.3 Å². The number of aryl methyl sites for hydroxylation is 1. The number of hydrogen-bond donors (Lipinski definition) is 1. The SMILES string of the molecule is Cc1cccc(N2CCN(CCNC(=O)c3ccccc3SCC3CCCO3)CC2)c1. The number of amides is 1. The minimum Gasteiger partial charge on any atom is -0.377 e. The highest BCUT2D eigenvalue weighted by Crippen LogP contribution is 2.26. The van der Waals surface area contributed by atoms with Crippen molar-refractivity contribution in [1.82, 2.24) is 10.2 Å². The van der Waals surface area contributed by atoms with Crippen LogP contribution in [0.15, 0.2) is 53.4 Å². The maximum absolute atomic E-state index is 12.8. The summed E-state index contributed by atoms with van der Waals surface area (Å²) in [5.74, 6) is 0.934. The molecule has 2 saturated heterocycles. The lowest BCUT2D eigenvalue weighted by Gasteiger charge is -2.36. The van der Waals surface area contributed by atoms with E-state index in [-0.39, 0.29) is 5.91 Å². The standard InChI is InChI=1S/C25H33N3O2S/c1-20-6-4-7-21(18-20)28-15-13-27(14-16-28)12-11-26-25(29)23-9-2-3-10-24(23)31-19-22-8-5-17-30-22/h2-4,6-7,9-10,18,22H,5,8,11-17,19H2,1H3,(H,26,29). The summed E-state index contributed by atoms with van der Waals surface area (Å²) in [6, 6.07) is 16.6. The summed E-state index contributed by atoms with van der Waals surface area (Å²) >= 11 is 1.73. The van der Waals surface area contributed by atoms with Crippen molar-refractivity contribution in [3.63, 3.8) is 0 Å². The molecule has 2 aliphatic rings. The minimum absolute atomic E-state index is 0.0221. The van der Waals surface area contributed by atoms with Crippen molar-refractivity contribution in [2.24, 2.45) is 0 Å². The number of carbonyl (C=O) groups excluding carboxylic acids is 1. The molecular weight excluding hydrogens is 406 g/mol. The first-order valence-corrected chi connectivity index (χ1v) is 12.3. The molecule has 5 nitrogen and oxygen atoms in total. The Balaban J connectivity index is 1.21.